The minimum absolute atomic E-state index is 0.455. The van der Waals surface area contributed by atoms with Gasteiger partial charge in [-0.25, -0.2) is 8.42 Å². The summed E-state index contributed by atoms with van der Waals surface area (Å²) in [4.78, 5) is 3.58. The van der Waals surface area contributed by atoms with Gasteiger partial charge in [0.25, 0.3) is 0 Å². The first kappa shape index (κ1) is 18.5. The number of hydrogen-bond donors (Lipinski definition) is 0. The first-order chi connectivity index (χ1) is 12.0. The molecule has 0 aliphatic carbocycles. The highest BCUT2D eigenvalue weighted by Crippen LogP contribution is 2.40. The van der Waals surface area contributed by atoms with E-state index < -0.39 is 9.84 Å². The van der Waals surface area contributed by atoms with E-state index in [0.717, 1.165) is 37.1 Å². The average molecular weight is 362 g/mol. The highest BCUT2D eigenvalue weighted by molar-refractivity contribution is 7.95. The lowest BCUT2D eigenvalue weighted by Gasteiger charge is -2.36. The zero-order valence-electron chi connectivity index (χ0n) is 15.6. The van der Waals surface area contributed by atoms with Gasteiger partial charge in [-0.2, -0.15) is 0 Å². The number of aryl methyl sites for hydroxylation is 1. The van der Waals surface area contributed by atoms with Gasteiger partial charge in [0.1, 0.15) is 0 Å². The van der Waals surface area contributed by atoms with E-state index in [0.29, 0.717) is 22.3 Å². The predicted molar refractivity (Wildman–Crippen MR) is 103 cm³/mol. The van der Waals surface area contributed by atoms with Crippen molar-refractivity contribution in [1.29, 1.82) is 0 Å². The third kappa shape index (κ3) is 3.94. The van der Waals surface area contributed by atoms with Crippen LogP contribution in [0.1, 0.15) is 70.3 Å². The van der Waals surface area contributed by atoms with Gasteiger partial charge >= 0.3 is 0 Å². The van der Waals surface area contributed by atoms with Crippen LogP contribution in [0.25, 0.3) is 0 Å². The van der Waals surface area contributed by atoms with Crippen molar-refractivity contribution in [2.75, 3.05) is 6.54 Å². The molecule has 4 heteroatoms. The molecule has 0 N–H and O–H groups in total. The Kier molecular flexibility index (Phi) is 5.88. The fraction of sp³-hybridized carbons (Fsp3) is 0.619. The van der Waals surface area contributed by atoms with Crippen LogP contribution < -0.4 is 0 Å². The molecule has 0 spiro atoms. The number of nitrogens with zero attached hydrogens (tertiary/aromatic N) is 1. The van der Waals surface area contributed by atoms with E-state index in [1.165, 1.54) is 32.1 Å². The summed E-state index contributed by atoms with van der Waals surface area (Å²) in [6.07, 6.45) is 9.75. The predicted octanol–water partition coefficient (Wildman–Crippen LogP) is 5.21. The maximum Gasteiger partial charge on any atom is 0.204 e. The van der Waals surface area contributed by atoms with Crippen LogP contribution in [0.3, 0.4) is 0 Å². The lowest BCUT2D eigenvalue weighted by molar-refractivity contribution is 0.273. The summed E-state index contributed by atoms with van der Waals surface area (Å²) >= 11 is 0. The maximum absolute atomic E-state index is 13.3. The van der Waals surface area contributed by atoms with Crippen molar-refractivity contribution < 1.29 is 8.42 Å². The maximum atomic E-state index is 13.3. The molecule has 1 fully saturated rings. The molecular weight excluding hydrogens is 330 g/mol. The van der Waals surface area contributed by atoms with Crippen LogP contribution in [0.4, 0.5) is 0 Å². The van der Waals surface area contributed by atoms with Gasteiger partial charge in [0.05, 0.1) is 9.80 Å². The Morgan fingerprint density at radius 2 is 1.84 bits per heavy atom. The van der Waals surface area contributed by atoms with E-state index in [1.807, 2.05) is 19.1 Å². The summed E-state index contributed by atoms with van der Waals surface area (Å²) in [5.41, 5.74) is 2.22. The minimum atomic E-state index is -3.37. The Balaban J connectivity index is 1.93. The molecule has 1 atom stereocenters. The van der Waals surface area contributed by atoms with Gasteiger partial charge in [-0.05, 0) is 57.6 Å². The van der Waals surface area contributed by atoms with Gasteiger partial charge in [-0.15, -0.1) is 0 Å². The van der Waals surface area contributed by atoms with E-state index in [2.05, 4.69) is 11.8 Å². The first-order valence-corrected chi connectivity index (χ1v) is 11.3. The zero-order chi connectivity index (χ0) is 17.9. The molecule has 1 aromatic carbocycles. The molecular formula is C21H31NO2S. The Morgan fingerprint density at radius 3 is 2.56 bits per heavy atom. The number of rotatable bonds is 7. The summed E-state index contributed by atoms with van der Waals surface area (Å²) in [5.74, 6) is 0. The van der Waals surface area contributed by atoms with Crippen LogP contribution in [0.15, 0.2) is 39.8 Å². The minimum Gasteiger partial charge on any atom is -0.371 e. The Hall–Kier alpha value is -1.29. The second kappa shape index (κ2) is 7.94. The van der Waals surface area contributed by atoms with E-state index in [9.17, 15) is 8.42 Å². The van der Waals surface area contributed by atoms with Crippen LogP contribution in [-0.4, -0.2) is 25.9 Å². The highest BCUT2D eigenvalue weighted by atomic mass is 32.2. The fourth-order valence-electron chi connectivity index (χ4n) is 4.24. The molecule has 1 aromatic rings. The van der Waals surface area contributed by atoms with E-state index in [1.54, 1.807) is 12.1 Å². The molecule has 1 saturated heterocycles. The molecule has 0 saturated carbocycles. The van der Waals surface area contributed by atoms with Crippen molar-refractivity contribution in [2.24, 2.45) is 0 Å². The number of sulfone groups is 1. The number of hydrogen-bond acceptors (Lipinski definition) is 3. The van der Waals surface area contributed by atoms with Crippen LogP contribution in [0.5, 0.6) is 0 Å². The topological polar surface area (TPSA) is 37.4 Å². The molecule has 2 aliphatic rings. The molecule has 0 amide bonds. The molecule has 25 heavy (non-hydrogen) atoms. The molecule has 138 valence electrons. The van der Waals surface area contributed by atoms with Crippen molar-refractivity contribution in [1.82, 2.24) is 4.90 Å². The molecule has 0 radical (unpaired) electrons. The first-order valence-electron chi connectivity index (χ1n) is 9.84. The third-order valence-corrected chi connectivity index (χ3v) is 7.65. The van der Waals surface area contributed by atoms with Crippen LogP contribution in [-0.2, 0) is 9.84 Å². The summed E-state index contributed by atoms with van der Waals surface area (Å²) in [5, 5.41) is 0. The normalized spacial score (nSPS) is 20.9. The van der Waals surface area contributed by atoms with Crippen LogP contribution in [0.2, 0.25) is 0 Å². The largest absolute Gasteiger partial charge is 0.371 e. The second-order valence-electron chi connectivity index (χ2n) is 7.53. The zero-order valence-corrected chi connectivity index (χ0v) is 16.4. The summed E-state index contributed by atoms with van der Waals surface area (Å²) in [6.45, 7) is 5.23. The molecule has 3 rings (SSSR count). The SMILES string of the molecule is CCCCCCC1=C(S(=O)(=O)c2ccc(C)cc2)CC[C@@H]2CCCN12. The summed E-state index contributed by atoms with van der Waals surface area (Å²) in [6, 6.07) is 7.90. The number of benzene rings is 1. The fourth-order valence-corrected chi connectivity index (χ4v) is 5.94. The number of allylic oxidation sites excluding steroid dienone is 2. The van der Waals surface area contributed by atoms with Gasteiger partial charge in [0, 0.05) is 18.3 Å². The molecule has 2 aliphatic heterocycles. The molecule has 0 bridgehead atoms. The van der Waals surface area contributed by atoms with Crippen molar-refractivity contribution in [3.8, 4) is 0 Å². The van der Waals surface area contributed by atoms with Crippen molar-refractivity contribution >= 4 is 9.84 Å². The standard InChI is InChI=1S/C21H31NO2S/c1-3-4-5-6-9-20-21(15-12-18-8-7-16-22(18)20)25(23,24)19-13-10-17(2)11-14-19/h10-11,13-14,18H,3-9,12,15-16H2,1-2H3/t18-/m0/s1. The van der Waals surface area contributed by atoms with Gasteiger partial charge < -0.3 is 4.90 Å². The molecule has 0 unspecified atom stereocenters. The number of unbranched alkanes of at least 4 members (excludes halogenated alkanes) is 3. The highest BCUT2D eigenvalue weighted by Gasteiger charge is 2.36. The van der Waals surface area contributed by atoms with E-state index in [4.69, 9.17) is 0 Å². The number of fused-ring (bicyclic) bond motifs is 1. The van der Waals surface area contributed by atoms with Gasteiger partial charge in [0.15, 0.2) is 0 Å². The average Bonchev–Trinajstić information content (AvgIpc) is 3.08. The Labute approximate surface area is 153 Å². The Morgan fingerprint density at radius 1 is 1.08 bits per heavy atom. The van der Waals surface area contributed by atoms with Crippen molar-refractivity contribution in [3.63, 3.8) is 0 Å². The summed E-state index contributed by atoms with van der Waals surface area (Å²) < 4.78 is 26.6. The smallest absolute Gasteiger partial charge is 0.204 e. The lowest BCUT2D eigenvalue weighted by Crippen LogP contribution is -2.35. The third-order valence-electron chi connectivity index (χ3n) is 5.67. The van der Waals surface area contributed by atoms with Gasteiger partial charge in [-0.3, -0.25) is 0 Å². The second-order valence-corrected chi connectivity index (χ2v) is 9.50. The van der Waals surface area contributed by atoms with Gasteiger partial charge in [-0.1, -0.05) is 43.9 Å². The molecule has 0 aromatic heterocycles. The molecule has 2 heterocycles. The van der Waals surface area contributed by atoms with Gasteiger partial charge in [0.2, 0.25) is 9.84 Å². The van der Waals surface area contributed by atoms with E-state index in [-0.39, 0.29) is 0 Å². The lowest BCUT2D eigenvalue weighted by atomic mass is 10.0. The monoisotopic (exact) mass is 361 g/mol. The quantitative estimate of drug-likeness (QED) is 0.626. The van der Waals surface area contributed by atoms with Crippen LogP contribution in [0, 0.1) is 6.92 Å². The molecule has 3 nitrogen and oxygen atoms in total. The van der Waals surface area contributed by atoms with Crippen LogP contribution >= 0.6 is 0 Å². The van der Waals surface area contributed by atoms with Crippen molar-refractivity contribution in [3.05, 3.63) is 40.4 Å². The van der Waals surface area contributed by atoms with E-state index >= 15 is 0 Å². The van der Waals surface area contributed by atoms with Crippen molar-refractivity contribution in [2.45, 2.75) is 82.6 Å². The Bertz CT molecular complexity index is 719. The summed E-state index contributed by atoms with van der Waals surface area (Å²) in [7, 11) is -3.37.